The Kier molecular flexibility index (Phi) is 4.56. The minimum atomic E-state index is -0.439. The third-order valence-corrected chi connectivity index (χ3v) is 4.18. The first-order chi connectivity index (χ1) is 9.04. The van der Waals surface area contributed by atoms with Crippen LogP contribution < -0.4 is 11.1 Å². The lowest BCUT2D eigenvalue weighted by atomic mass is 10.4. The molecule has 0 radical (unpaired) electrons. The zero-order chi connectivity index (χ0) is 13.8. The van der Waals surface area contributed by atoms with Crippen LogP contribution in [0.15, 0.2) is 25.6 Å². The van der Waals surface area contributed by atoms with Crippen LogP contribution >= 0.6 is 39.0 Å². The van der Waals surface area contributed by atoms with Gasteiger partial charge in [-0.3, -0.25) is 14.9 Å². The van der Waals surface area contributed by atoms with Crippen LogP contribution in [0.4, 0.5) is 5.13 Å². The first-order valence-electron chi connectivity index (χ1n) is 4.86. The number of halogens is 1. The lowest BCUT2D eigenvalue weighted by molar-refractivity contribution is -0.115. The number of primary amides is 1. The van der Waals surface area contributed by atoms with Gasteiger partial charge in [-0.1, -0.05) is 23.1 Å². The maximum atomic E-state index is 11.7. The van der Waals surface area contributed by atoms with Crippen LogP contribution in [0.3, 0.4) is 0 Å². The summed E-state index contributed by atoms with van der Waals surface area (Å²) < 4.78 is 6.11. The van der Waals surface area contributed by atoms with Gasteiger partial charge in [-0.05, 0) is 28.1 Å². The fourth-order valence-corrected chi connectivity index (χ4v) is 2.84. The summed E-state index contributed by atoms with van der Waals surface area (Å²) in [6.07, 6.45) is 0. The van der Waals surface area contributed by atoms with Crippen molar-refractivity contribution >= 4 is 56.0 Å². The number of carbonyl (C=O) groups is 2. The first kappa shape index (κ1) is 14.0. The third-order valence-electron chi connectivity index (χ3n) is 1.76. The van der Waals surface area contributed by atoms with E-state index >= 15 is 0 Å². The van der Waals surface area contributed by atoms with Crippen LogP contribution in [0.5, 0.6) is 0 Å². The molecule has 0 unspecified atom stereocenters. The quantitative estimate of drug-likeness (QED) is 0.618. The number of nitrogens with two attached hydrogens (primary N) is 1. The Labute approximate surface area is 124 Å². The van der Waals surface area contributed by atoms with E-state index in [9.17, 15) is 9.59 Å². The third kappa shape index (κ3) is 4.04. The van der Waals surface area contributed by atoms with Crippen LogP contribution in [0.2, 0.25) is 0 Å². The molecule has 0 aromatic carbocycles. The average molecular weight is 363 g/mol. The van der Waals surface area contributed by atoms with Gasteiger partial charge in [0.05, 0.1) is 5.75 Å². The SMILES string of the molecule is NC(=O)CSc1nnc(NC(=O)c2ccc(Br)o2)s1. The molecule has 2 aromatic rings. The van der Waals surface area contributed by atoms with Gasteiger partial charge >= 0.3 is 0 Å². The van der Waals surface area contributed by atoms with E-state index < -0.39 is 11.8 Å². The Balaban J connectivity index is 1.96. The normalized spacial score (nSPS) is 10.4. The fourth-order valence-electron chi connectivity index (χ4n) is 1.05. The summed E-state index contributed by atoms with van der Waals surface area (Å²) in [6, 6.07) is 3.15. The van der Waals surface area contributed by atoms with Gasteiger partial charge in [0.25, 0.3) is 5.91 Å². The van der Waals surface area contributed by atoms with E-state index in [0.717, 1.165) is 23.1 Å². The van der Waals surface area contributed by atoms with E-state index in [4.69, 9.17) is 10.2 Å². The number of hydrogen-bond donors (Lipinski definition) is 2. The fraction of sp³-hybridized carbons (Fsp3) is 0.111. The van der Waals surface area contributed by atoms with Crippen molar-refractivity contribution in [2.24, 2.45) is 5.73 Å². The molecule has 0 bridgehead atoms. The molecule has 3 N–H and O–H groups in total. The molecule has 2 heterocycles. The Morgan fingerprint density at radius 3 is 2.89 bits per heavy atom. The molecular formula is C9H7BrN4O3S2. The van der Waals surface area contributed by atoms with Crippen molar-refractivity contribution in [3.8, 4) is 0 Å². The van der Waals surface area contributed by atoms with Crippen molar-refractivity contribution in [1.29, 1.82) is 0 Å². The van der Waals surface area contributed by atoms with Crippen molar-refractivity contribution < 1.29 is 14.0 Å². The molecule has 0 aliphatic carbocycles. The molecule has 10 heteroatoms. The number of rotatable bonds is 5. The highest BCUT2D eigenvalue weighted by molar-refractivity contribution is 9.10. The van der Waals surface area contributed by atoms with Crippen LogP contribution in [0, 0.1) is 0 Å². The van der Waals surface area contributed by atoms with Gasteiger partial charge in [0.1, 0.15) is 0 Å². The second kappa shape index (κ2) is 6.17. The number of carbonyl (C=O) groups excluding carboxylic acids is 2. The van der Waals surface area contributed by atoms with E-state index in [1.165, 1.54) is 6.07 Å². The lowest BCUT2D eigenvalue weighted by Gasteiger charge is -1.95. The van der Waals surface area contributed by atoms with Gasteiger partial charge in [0.2, 0.25) is 11.0 Å². The number of nitrogens with one attached hydrogen (secondary N) is 1. The highest BCUT2D eigenvalue weighted by Crippen LogP contribution is 2.25. The zero-order valence-electron chi connectivity index (χ0n) is 9.25. The lowest BCUT2D eigenvalue weighted by Crippen LogP contribution is -2.12. The maximum Gasteiger partial charge on any atom is 0.293 e. The standard InChI is InChI=1S/C9H7BrN4O3S2/c10-5-2-1-4(17-5)7(16)12-8-13-14-9(19-8)18-3-6(11)15/h1-2H,3H2,(H2,11,15)(H,12,13,16). The minimum Gasteiger partial charge on any atom is -0.444 e. The smallest absolute Gasteiger partial charge is 0.293 e. The molecule has 0 aliphatic heterocycles. The number of aromatic nitrogens is 2. The number of hydrogen-bond acceptors (Lipinski definition) is 7. The summed E-state index contributed by atoms with van der Waals surface area (Å²) in [7, 11) is 0. The summed E-state index contributed by atoms with van der Waals surface area (Å²) in [5.41, 5.74) is 5.02. The van der Waals surface area contributed by atoms with Crippen molar-refractivity contribution in [3.63, 3.8) is 0 Å². The van der Waals surface area contributed by atoms with Crippen molar-refractivity contribution in [2.45, 2.75) is 4.34 Å². The number of nitrogens with zero attached hydrogens (tertiary/aromatic N) is 2. The van der Waals surface area contributed by atoms with E-state index in [0.29, 0.717) is 14.1 Å². The minimum absolute atomic E-state index is 0.119. The van der Waals surface area contributed by atoms with E-state index in [-0.39, 0.29) is 11.5 Å². The van der Waals surface area contributed by atoms with Crippen LogP contribution in [0.25, 0.3) is 0 Å². The molecule has 19 heavy (non-hydrogen) atoms. The van der Waals surface area contributed by atoms with Gasteiger partial charge in [0, 0.05) is 0 Å². The predicted molar refractivity (Wildman–Crippen MR) is 74.2 cm³/mol. The van der Waals surface area contributed by atoms with Gasteiger partial charge < -0.3 is 10.2 Å². The molecule has 0 aliphatic rings. The van der Waals surface area contributed by atoms with Crippen molar-refractivity contribution in [1.82, 2.24) is 10.2 Å². The second-order valence-electron chi connectivity index (χ2n) is 3.19. The van der Waals surface area contributed by atoms with E-state index in [1.54, 1.807) is 6.07 Å². The Hall–Kier alpha value is -1.39. The number of amides is 2. The monoisotopic (exact) mass is 362 g/mol. The molecule has 0 fully saturated rings. The van der Waals surface area contributed by atoms with Gasteiger partial charge in [-0.25, -0.2) is 0 Å². The summed E-state index contributed by atoms with van der Waals surface area (Å²) >= 11 is 5.42. The molecule has 2 rings (SSSR count). The number of furan rings is 1. The average Bonchev–Trinajstić information content (AvgIpc) is 2.95. The molecular weight excluding hydrogens is 356 g/mol. The Bertz CT molecular complexity index is 612. The summed E-state index contributed by atoms with van der Waals surface area (Å²) in [6.45, 7) is 0. The van der Waals surface area contributed by atoms with Crippen LogP contribution in [-0.4, -0.2) is 27.8 Å². The zero-order valence-corrected chi connectivity index (χ0v) is 12.5. The highest BCUT2D eigenvalue weighted by Gasteiger charge is 2.14. The highest BCUT2D eigenvalue weighted by atomic mass is 79.9. The largest absolute Gasteiger partial charge is 0.444 e. The van der Waals surface area contributed by atoms with Crippen LogP contribution in [0.1, 0.15) is 10.6 Å². The predicted octanol–water partition coefficient (Wildman–Crippen LogP) is 1.72. The molecule has 2 amide bonds. The molecule has 7 nitrogen and oxygen atoms in total. The van der Waals surface area contributed by atoms with Crippen LogP contribution in [-0.2, 0) is 4.79 Å². The van der Waals surface area contributed by atoms with E-state index in [2.05, 4.69) is 31.4 Å². The molecule has 0 saturated heterocycles. The molecule has 2 aromatic heterocycles. The second-order valence-corrected chi connectivity index (χ2v) is 6.17. The molecule has 0 spiro atoms. The number of anilines is 1. The topological polar surface area (TPSA) is 111 Å². The van der Waals surface area contributed by atoms with Crippen molar-refractivity contribution in [2.75, 3.05) is 11.1 Å². The Morgan fingerprint density at radius 1 is 1.47 bits per heavy atom. The Morgan fingerprint density at radius 2 is 2.26 bits per heavy atom. The summed E-state index contributed by atoms with van der Waals surface area (Å²) in [5.74, 6) is -0.582. The maximum absolute atomic E-state index is 11.7. The summed E-state index contributed by atoms with van der Waals surface area (Å²) in [4.78, 5) is 22.4. The van der Waals surface area contributed by atoms with Gasteiger partial charge in [-0.15, -0.1) is 10.2 Å². The first-order valence-corrected chi connectivity index (χ1v) is 7.45. The van der Waals surface area contributed by atoms with E-state index in [1.807, 2.05) is 0 Å². The summed E-state index contributed by atoms with van der Waals surface area (Å²) in [5, 5.41) is 10.5. The van der Waals surface area contributed by atoms with Gasteiger partial charge in [0.15, 0.2) is 14.8 Å². The molecule has 0 saturated carbocycles. The molecule has 0 atom stereocenters. The molecule has 100 valence electrons. The van der Waals surface area contributed by atoms with Crippen molar-refractivity contribution in [3.05, 3.63) is 22.6 Å². The van der Waals surface area contributed by atoms with Gasteiger partial charge in [-0.2, -0.15) is 0 Å². The number of thioether (sulfide) groups is 1.